The molecule has 1 heterocycles. The van der Waals surface area contributed by atoms with Gasteiger partial charge in [0.1, 0.15) is 18.8 Å². The van der Waals surface area contributed by atoms with Gasteiger partial charge >= 0.3 is 23.9 Å². The first-order chi connectivity index (χ1) is 22.4. The van der Waals surface area contributed by atoms with Crippen LogP contribution in [0.5, 0.6) is 0 Å². The first kappa shape index (κ1) is 31.5. The van der Waals surface area contributed by atoms with E-state index in [0.29, 0.717) is 0 Å². The van der Waals surface area contributed by atoms with Gasteiger partial charge in [-0.1, -0.05) is 77.9 Å². The standard InChI is InChI=1S/C34H27N3O9/c35-37-36-27-26(21-42-30(38)22-13-5-1-6-14-22)43-34(46-33(41)25-19-11-4-12-20-25)29(45-32(40)24-17-9-3-10-18-24)28(27)44-31(39)23-15-7-2-8-16-23/h1-20,26-29,34H,21H2/t26-,27-,28+,29-,34?/m1/s1. The Labute approximate surface area is 263 Å². The monoisotopic (exact) mass is 621 g/mol. The predicted octanol–water partition coefficient (Wildman–Crippen LogP) is 5.56. The molecule has 0 radical (unpaired) electrons. The molecule has 0 spiro atoms. The van der Waals surface area contributed by atoms with E-state index in [2.05, 4.69) is 10.0 Å². The third-order valence-electron chi connectivity index (χ3n) is 6.93. The van der Waals surface area contributed by atoms with Crippen LogP contribution in [0.15, 0.2) is 126 Å². The summed E-state index contributed by atoms with van der Waals surface area (Å²) >= 11 is 0. The van der Waals surface area contributed by atoms with Crippen molar-refractivity contribution in [1.29, 1.82) is 0 Å². The minimum Gasteiger partial charge on any atom is -0.459 e. The zero-order chi connectivity index (χ0) is 32.3. The van der Waals surface area contributed by atoms with E-state index in [0.717, 1.165) is 0 Å². The van der Waals surface area contributed by atoms with Crippen LogP contribution < -0.4 is 0 Å². The SMILES string of the molecule is [N-]=[N+]=N[C@H]1[C@H](OC(=O)c2ccccc2)[C@@H](OC(=O)c2ccccc2)C(OC(=O)c2ccccc2)O[C@@H]1COC(=O)c1ccccc1. The molecule has 1 fully saturated rings. The smallest absolute Gasteiger partial charge is 0.340 e. The number of azide groups is 1. The first-order valence-corrected chi connectivity index (χ1v) is 14.1. The van der Waals surface area contributed by atoms with E-state index < -0.39 is 61.1 Å². The highest BCUT2D eigenvalue weighted by atomic mass is 16.7. The van der Waals surface area contributed by atoms with Gasteiger partial charge in [0.15, 0.2) is 6.10 Å². The van der Waals surface area contributed by atoms with E-state index in [1.165, 1.54) is 36.4 Å². The Bertz CT molecular complexity index is 1700. The average molecular weight is 622 g/mol. The van der Waals surface area contributed by atoms with E-state index in [1.54, 1.807) is 84.9 Å². The molecule has 12 nitrogen and oxygen atoms in total. The van der Waals surface area contributed by atoms with Crippen molar-refractivity contribution in [3.05, 3.63) is 154 Å². The largest absolute Gasteiger partial charge is 0.459 e. The van der Waals surface area contributed by atoms with Crippen LogP contribution in [0.4, 0.5) is 0 Å². The third-order valence-corrected chi connectivity index (χ3v) is 6.93. The normalized spacial score (nSPS) is 20.3. The molecule has 1 saturated heterocycles. The molecular weight excluding hydrogens is 594 g/mol. The van der Waals surface area contributed by atoms with Crippen LogP contribution in [0.1, 0.15) is 41.4 Å². The summed E-state index contributed by atoms with van der Waals surface area (Å²) < 4.78 is 28.8. The van der Waals surface area contributed by atoms with Crippen LogP contribution in [0, 0.1) is 0 Å². The van der Waals surface area contributed by atoms with E-state index in [4.69, 9.17) is 23.7 Å². The lowest BCUT2D eigenvalue weighted by Crippen LogP contribution is -2.61. The fraction of sp³-hybridized carbons (Fsp3) is 0.176. The number of hydrogen-bond acceptors (Lipinski definition) is 10. The summed E-state index contributed by atoms with van der Waals surface area (Å²) in [7, 11) is 0. The summed E-state index contributed by atoms with van der Waals surface area (Å²) in [5.41, 5.74) is 10.2. The summed E-state index contributed by atoms with van der Waals surface area (Å²) in [6, 6.07) is 30.6. The second-order valence-electron chi connectivity index (χ2n) is 9.95. The van der Waals surface area contributed by atoms with Gasteiger partial charge in [-0.25, -0.2) is 19.2 Å². The molecule has 0 saturated carbocycles. The lowest BCUT2D eigenvalue weighted by molar-refractivity contribution is -0.256. The van der Waals surface area contributed by atoms with Crippen molar-refractivity contribution >= 4 is 23.9 Å². The molecule has 4 aromatic rings. The maximum Gasteiger partial charge on any atom is 0.340 e. The highest BCUT2D eigenvalue weighted by Crippen LogP contribution is 2.31. The topological polar surface area (TPSA) is 163 Å². The number of carbonyl (C=O) groups is 4. The van der Waals surface area contributed by atoms with Gasteiger partial charge in [0, 0.05) is 4.91 Å². The molecule has 46 heavy (non-hydrogen) atoms. The van der Waals surface area contributed by atoms with Crippen LogP contribution in [0.25, 0.3) is 10.4 Å². The van der Waals surface area contributed by atoms with Crippen molar-refractivity contribution in [3.63, 3.8) is 0 Å². The predicted molar refractivity (Wildman–Crippen MR) is 161 cm³/mol. The van der Waals surface area contributed by atoms with Crippen molar-refractivity contribution in [2.75, 3.05) is 6.61 Å². The lowest BCUT2D eigenvalue weighted by atomic mass is 9.96. The highest BCUT2D eigenvalue weighted by Gasteiger charge is 2.52. The van der Waals surface area contributed by atoms with Crippen LogP contribution in [-0.4, -0.2) is 61.1 Å². The van der Waals surface area contributed by atoms with Crippen molar-refractivity contribution < 1.29 is 42.9 Å². The van der Waals surface area contributed by atoms with Gasteiger partial charge in [0.25, 0.3) is 0 Å². The maximum atomic E-state index is 13.3. The van der Waals surface area contributed by atoms with Crippen molar-refractivity contribution in [2.45, 2.75) is 30.6 Å². The molecule has 0 amide bonds. The Balaban J connectivity index is 1.52. The van der Waals surface area contributed by atoms with E-state index in [9.17, 15) is 24.7 Å². The van der Waals surface area contributed by atoms with Crippen molar-refractivity contribution in [1.82, 2.24) is 0 Å². The molecule has 232 valence electrons. The van der Waals surface area contributed by atoms with Gasteiger partial charge in [-0.2, -0.15) is 0 Å². The molecule has 1 aliphatic heterocycles. The van der Waals surface area contributed by atoms with Gasteiger partial charge in [0.2, 0.25) is 12.4 Å². The summed E-state index contributed by atoms with van der Waals surface area (Å²) in [5.74, 6) is -3.26. The molecule has 0 bridgehead atoms. The van der Waals surface area contributed by atoms with Crippen molar-refractivity contribution in [2.24, 2.45) is 5.11 Å². The first-order valence-electron chi connectivity index (χ1n) is 14.1. The molecule has 4 aromatic carbocycles. The van der Waals surface area contributed by atoms with Gasteiger partial charge in [-0.15, -0.1) is 0 Å². The average Bonchev–Trinajstić information content (AvgIpc) is 3.11. The number of rotatable bonds is 10. The Morgan fingerprint density at radius 3 is 1.41 bits per heavy atom. The minimum absolute atomic E-state index is 0.142. The summed E-state index contributed by atoms with van der Waals surface area (Å²) in [5, 5.41) is 3.80. The van der Waals surface area contributed by atoms with Gasteiger partial charge in [-0.3, -0.25) is 0 Å². The van der Waals surface area contributed by atoms with E-state index >= 15 is 0 Å². The molecule has 12 heteroatoms. The van der Waals surface area contributed by atoms with Gasteiger partial charge in [-0.05, 0) is 54.1 Å². The molecule has 5 rings (SSSR count). The van der Waals surface area contributed by atoms with Crippen molar-refractivity contribution in [3.8, 4) is 0 Å². The Kier molecular flexibility index (Phi) is 10.4. The second-order valence-corrected chi connectivity index (χ2v) is 9.95. The second kappa shape index (κ2) is 15.2. The molecule has 0 aromatic heterocycles. The summed E-state index contributed by atoms with van der Waals surface area (Å²) in [6.45, 7) is -0.504. The van der Waals surface area contributed by atoms with E-state index in [1.807, 2.05) is 0 Å². The van der Waals surface area contributed by atoms with Gasteiger partial charge < -0.3 is 23.7 Å². The summed E-state index contributed by atoms with van der Waals surface area (Å²) in [4.78, 5) is 55.5. The zero-order valence-corrected chi connectivity index (χ0v) is 24.2. The fourth-order valence-electron chi connectivity index (χ4n) is 4.68. The van der Waals surface area contributed by atoms with Gasteiger partial charge in [0.05, 0.1) is 22.3 Å². The van der Waals surface area contributed by atoms with E-state index in [-0.39, 0.29) is 22.3 Å². The molecule has 0 aliphatic carbocycles. The maximum absolute atomic E-state index is 13.3. The van der Waals surface area contributed by atoms with Crippen LogP contribution >= 0.6 is 0 Å². The van der Waals surface area contributed by atoms with Crippen LogP contribution in [-0.2, 0) is 23.7 Å². The fourth-order valence-corrected chi connectivity index (χ4v) is 4.68. The Morgan fingerprint density at radius 1 is 0.587 bits per heavy atom. The molecule has 0 N–H and O–H groups in total. The lowest BCUT2D eigenvalue weighted by Gasteiger charge is -2.43. The molecule has 1 unspecified atom stereocenters. The molecule has 5 atom stereocenters. The summed E-state index contributed by atoms with van der Waals surface area (Å²) in [6.07, 6.45) is -6.18. The quantitative estimate of drug-likeness (QED) is 0.0725. The zero-order valence-electron chi connectivity index (χ0n) is 24.2. The Hall–Kier alpha value is -5.97. The number of esters is 4. The highest BCUT2D eigenvalue weighted by molar-refractivity contribution is 5.91. The molecular formula is C34H27N3O9. The third kappa shape index (κ3) is 7.75. The number of hydrogen-bond donors (Lipinski definition) is 0. The minimum atomic E-state index is -1.69. The molecule has 1 aliphatic rings. The number of carbonyl (C=O) groups excluding carboxylic acids is 4. The Morgan fingerprint density at radius 2 is 0.978 bits per heavy atom. The van der Waals surface area contributed by atoms with Crippen LogP contribution in [0.3, 0.4) is 0 Å². The number of ether oxygens (including phenoxy) is 5. The number of benzene rings is 4. The van der Waals surface area contributed by atoms with Crippen LogP contribution in [0.2, 0.25) is 0 Å². The number of nitrogens with zero attached hydrogens (tertiary/aromatic N) is 3.